The van der Waals surface area contributed by atoms with E-state index in [9.17, 15) is 34.2 Å². The molecule has 0 bridgehead atoms. The molecule has 6 atom stereocenters. The Bertz CT molecular complexity index is 1500. The van der Waals surface area contributed by atoms with E-state index in [1.807, 2.05) is 19.1 Å². The van der Waals surface area contributed by atoms with Crippen LogP contribution in [0.2, 0.25) is 0 Å². The van der Waals surface area contributed by atoms with E-state index in [0.29, 0.717) is 23.5 Å². The highest BCUT2D eigenvalue weighted by atomic mass is 16.5. The number of primary amides is 1. The molecule has 3 aliphatic carbocycles. The minimum absolute atomic E-state index is 0.0175. The van der Waals surface area contributed by atoms with Crippen molar-refractivity contribution in [3.05, 3.63) is 47.0 Å². The molecule has 41 heavy (non-hydrogen) atoms. The Labute approximate surface area is 236 Å². The summed E-state index contributed by atoms with van der Waals surface area (Å²) < 4.78 is 5.66. The van der Waals surface area contributed by atoms with E-state index in [-0.39, 0.29) is 30.7 Å². The van der Waals surface area contributed by atoms with Crippen LogP contribution in [0.4, 0.5) is 0 Å². The number of Topliss-reactive ketones (excluding diaryl/α,β-unsaturated/α-hetero) is 4. The van der Waals surface area contributed by atoms with Crippen LogP contribution in [-0.2, 0) is 32.1 Å². The van der Waals surface area contributed by atoms with Crippen LogP contribution in [0.1, 0.15) is 34.8 Å². The van der Waals surface area contributed by atoms with E-state index in [2.05, 4.69) is 0 Å². The summed E-state index contributed by atoms with van der Waals surface area (Å²) in [7, 11) is 3.09. The molecule has 11 heteroatoms. The fourth-order valence-corrected chi connectivity index (χ4v) is 7.08. The van der Waals surface area contributed by atoms with Crippen LogP contribution in [-0.4, -0.2) is 76.5 Å². The fraction of sp³-hybridized carbons (Fsp3) is 0.433. The number of phenolic OH excluding ortho intramolecular Hbond substituents is 1. The zero-order valence-corrected chi connectivity index (χ0v) is 23.0. The largest absolute Gasteiger partial charge is 0.507 e. The van der Waals surface area contributed by atoms with E-state index in [4.69, 9.17) is 16.2 Å². The maximum Gasteiger partial charge on any atom is 0.235 e. The molecule has 11 nitrogen and oxygen atoms in total. The first-order chi connectivity index (χ1) is 19.4. The minimum Gasteiger partial charge on any atom is -0.507 e. The maximum absolute atomic E-state index is 14.0. The number of likely N-dealkylation sites (N-methyl/N-ethyl adjacent to an activating group) is 1. The molecule has 0 radical (unpaired) electrons. The van der Waals surface area contributed by atoms with Gasteiger partial charge in [0.1, 0.15) is 11.5 Å². The number of nitrogens with two attached hydrogens (primary N) is 2. The van der Waals surface area contributed by atoms with Crippen molar-refractivity contribution in [1.29, 1.82) is 0 Å². The molecule has 216 valence electrons. The number of ether oxygens (including phenoxy) is 1. The summed E-state index contributed by atoms with van der Waals surface area (Å²) in [5, 5.41) is 22.5. The molecule has 2 fully saturated rings. The standard InChI is InChI=1S/C30H33N3O8/c1-4-41-20-8-5-13(9-15(20)12-31)16-6-7-19(34)22-17(16)10-14-11-18-24(33(2)3)26(36)23(29(32)39)28(38)30(18,40)27(37)21(14)25(22)35/h5-9,14,18,21,23-24,34,40H,4,10-12,31H2,1-3H3,(H2,32,39)/t14-,18-,21?,23?,24+,30-/m0/s1. The van der Waals surface area contributed by atoms with Gasteiger partial charge < -0.3 is 26.4 Å². The smallest absolute Gasteiger partial charge is 0.235 e. The van der Waals surface area contributed by atoms with E-state index in [1.165, 1.54) is 11.0 Å². The van der Waals surface area contributed by atoms with Gasteiger partial charge in [-0.05, 0) is 74.7 Å². The van der Waals surface area contributed by atoms with Gasteiger partial charge in [-0.1, -0.05) is 12.1 Å². The number of benzene rings is 2. The summed E-state index contributed by atoms with van der Waals surface area (Å²) in [6, 6.07) is 7.36. The Balaban J connectivity index is 1.64. The number of ketones is 4. The number of nitrogens with zero attached hydrogens (tertiary/aromatic N) is 1. The van der Waals surface area contributed by atoms with Crippen LogP contribution in [0.15, 0.2) is 30.3 Å². The zero-order chi connectivity index (χ0) is 30.0. The molecule has 0 spiro atoms. The number of rotatable bonds is 6. The SMILES string of the molecule is CCOc1ccc(-c2ccc(O)c3c2C[C@H]2C[C@H]4[C@@H](N(C)C)C(=O)C(C(N)=O)C(=O)[C@@]4(O)C(=O)C2C3=O)cc1CN. The van der Waals surface area contributed by atoms with Gasteiger partial charge in [-0.2, -0.15) is 0 Å². The third kappa shape index (κ3) is 4.10. The predicted octanol–water partition coefficient (Wildman–Crippen LogP) is 0.391. The first-order valence-electron chi connectivity index (χ1n) is 13.5. The van der Waals surface area contributed by atoms with Crippen molar-refractivity contribution >= 4 is 29.0 Å². The normalized spacial score (nSPS) is 29.2. The summed E-state index contributed by atoms with van der Waals surface area (Å²) in [6.45, 7) is 2.53. The second-order valence-electron chi connectivity index (χ2n) is 11.2. The number of carbonyl (C=O) groups excluding carboxylic acids is 5. The summed E-state index contributed by atoms with van der Waals surface area (Å²) >= 11 is 0. The topological polar surface area (TPSA) is 190 Å². The Morgan fingerprint density at radius 2 is 1.83 bits per heavy atom. The molecular weight excluding hydrogens is 530 g/mol. The van der Waals surface area contributed by atoms with Gasteiger partial charge in [0, 0.05) is 18.0 Å². The van der Waals surface area contributed by atoms with Crippen molar-refractivity contribution in [3.63, 3.8) is 0 Å². The lowest BCUT2D eigenvalue weighted by Gasteiger charge is -2.52. The average Bonchev–Trinajstić information content (AvgIpc) is 2.91. The summed E-state index contributed by atoms with van der Waals surface area (Å²) in [4.78, 5) is 68.1. The van der Waals surface area contributed by atoms with Crippen molar-refractivity contribution in [3.8, 4) is 22.6 Å². The zero-order valence-electron chi connectivity index (χ0n) is 23.0. The Morgan fingerprint density at radius 1 is 1.12 bits per heavy atom. The van der Waals surface area contributed by atoms with Crippen LogP contribution in [0.25, 0.3) is 11.1 Å². The first-order valence-corrected chi connectivity index (χ1v) is 13.5. The van der Waals surface area contributed by atoms with Crippen LogP contribution in [0.5, 0.6) is 11.5 Å². The molecular formula is C30H33N3O8. The molecule has 0 saturated heterocycles. The minimum atomic E-state index is -2.75. The van der Waals surface area contributed by atoms with Gasteiger partial charge in [0.2, 0.25) is 5.91 Å². The van der Waals surface area contributed by atoms with E-state index in [1.54, 1.807) is 26.2 Å². The van der Waals surface area contributed by atoms with E-state index < -0.39 is 64.4 Å². The van der Waals surface area contributed by atoms with Gasteiger partial charge >= 0.3 is 0 Å². The third-order valence-electron chi connectivity index (χ3n) is 8.84. The van der Waals surface area contributed by atoms with Gasteiger partial charge in [-0.3, -0.25) is 28.9 Å². The lowest BCUT2D eigenvalue weighted by Crippen LogP contribution is -2.74. The first kappa shape index (κ1) is 28.6. The molecule has 0 aliphatic heterocycles. The summed E-state index contributed by atoms with van der Waals surface area (Å²) in [5.74, 6) is -10.1. The molecule has 6 N–H and O–H groups in total. The monoisotopic (exact) mass is 563 g/mol. The van der Waals surface area contributed by atoms with E-state index >= 15 is 0 Å². The van der Waals surface area contributed by atoms with Crippen molar-refractivity contribution < 1.29 is 38.9 Å². The molecule has 2 aromatic rings. The summed E-state index contributed by atoms with van der Waals surface area (Å²) in [6.07, 6.45) is 0.150. The van der Waals surface area contributed by atoms with Crippen molar-refractivity contribution in [2.24, 2.45) is 35.1 Å². The highest BCUT2D eigenvalue weighted by molar-refractivity contribution is 6.32. The predicted molar refractivity (Wildman–Crippen MR) is 146 cm³/mol. The molecule has 3 aliphatic rings. The molecule has 5 rings (SSSR count). The second kappa shape index (κ2) is 10.2. The van der Waals surface area contributed by atoms with Crippen LogP contribution < -0.4 is 16.2 Å². The molecule has 2 unspecified atom stereocenters. The number of carbonyl (C=O) groups is 5. The molecule has 0 heterocycles. The number of aliphatic hydroxyl groups is 1. The van der Waals surface area contributed by atoms with Crippen molar-refractivity contribution in [2.45, 2.75) is 38.0 Å². The van der Waals surface area contributed by atoms with Gasteiger partial charge in [-0.15, -0.1) is 0 Å². The lowest BCUT2D eigenvalue weighted by molar-refractivity contribution is -0.181. The number of hydrogen-bond donors (Lipinski definition) is 4. The van der Waals surface area contributed by atoms with E-state index in [0.717, 1.165) is 11.1 Å². The molecule has 2 saturated carbocycles. The van der Waals surface area contributed by atoms with Gasteiger partial charge in [0.05, 0.1) is 24.1 Å². The van der Waals surface area contributed by atoms with Crippen LogP contribution in [0.3, 0.4) is 0 Å². The lowest BCUT2D eigenvalue weighted by atomic mass is 9.52. The molecule has 2 aromatic carbocycles. The number of phenols is 1. The van der Waals surface area contributed by atoms with Gasteiger partial charge in [-0.25, -0.2) is 0 Å². The molecule has 1 amide bonds. The Hall–Kier alpha value is -3.93. The van der Waals surface area contributed by atoms with Crippen molar-refractivity contribution in [2.75, 3.05) is 20.7 Å². The number of fused-ring (bicyclic) bond motifs is 3. The Kier molecular flexibility index (Phi) is 7.09. The number of amides is 1. The second-order valence-corrected chi connectivity index (χ2v) is 11.2. The van der Waals surface area contributed by atoms with Crippen LogP contribution in [0, 0.1) is 23.7 Å². The third-order valence-corrected chi connectivity index (χ3v) is 8.84. The number of aromatic hydroxyl groups is 1. The summed E-state index contributed by atoms with van der Waals surface area (Å²) in [5.41, 5.74) is 11.2. The van der Waals surface area contributed by atoms with Gasteiger partial charge in [0.15, 0.2) is 34.7 Å². The quantitative estimate of drug-likeness (QED) is 0.358. The Morgan fingerprint density at radius 3 is 2.44 bits per heavy atom. The average molecular weight is 564 g/mol. The van der Waals surface area contributed by atoms with Gasteiger partial charge in [0.25, 0.3) is 0 Å². The molecule has 0 aromatic heterocycles. The number of hydrogen-bond acceptors (Lipinski definition) is 10. The highest BCUT2D eigenvalue weighted by Crippen LogP contribution is 2.51. The highest BCUT2D eigenvalue weighted by Gasteiger charge is 2.69. The van der Waals surface area contributed by atoms with Crippen LogP contribution >= 0.6 is 0 Å². The fourth-order valence-electron chi connectivity index (χ4n) is 7.08. The maximum atomic E-state index is 14.0. The van der Waals surface area contributed by atoms with Crippen molar-refractivity contribution in [1.82, 2.24) is 4.90 Å².